The van der Waals surface area contributed by atoms with Crippen molar-refractivity contribution in [1.82, 2.24) is 25.2 Å². The summed E-state index contributed by atoms with van der Waals surface area (Å²) in [5.74, 6) is 0.853. The van der Waals surface area contributed by atoms with Gasteiger partial charge >= 0.3 is 0 Å². The zero-order chi connectivity index (χ0) is 19.8. The minimum Gasteiger partial charge on any atom is -0.322 e. The van der Waals surface area contributed by atoms with Crippen molar-refractivity contribution in [2.45, 2.75) is 64.0 Å². The van der Waals surface area contributed by atoms with E-state index in [-0.39, 0.29) is 11.6 Å². The number of rotatable bonds is 4. The molecule has 2 fully saturated rings. The van der Waals surface area contributed by atoms with E-state index in [1.807, 2.05) is 16.8 Å². The van der Waals surface area contributed by atoms with Gasteiger partial charge in [0.15, 0.2) is 6.04 Å². The summed E-state index contributed by atoms with van der Waals surface area (Å²) < 4.78 is 2.04. The molecule has 152 valence electrons. The summed E-state index contributed by atoms with van der Waals surface area (Å²) in [6.45, 7) is 4.18. The summed E-state index contributed by atoms with van der Waals surface area (Å²) in [6.07, 6.45) is 8.34. The molecule has 1 aromatic carbocycles. The fraction of sp³-hybridized carbons (Fsp3) is 0.545. The molecule has 1 aliphatic heterocycles. The minimum atomic E-state index is -0.122. The van der Waals surface area contributed by atoms with Crippen LogP contribution in [-0.2, 0) is 0 Å². The Morgan fingerprint density at radius 1 is 1.10 bits per heavy atom. The molecule has 1 aliphatic carbocycles. The predicted octanol–water partition coefficient (Wildman–Crippen LogP) is 2.10. The van der Waals surface area contributed by atoms with Crippen LogP contribution in [0.1, 0.15) is 74.0 Å². The largest absolute Gasteiger partial charge is 0.322 e. The van der Waals surface area contributed by atoms with Gasteiger partial charge in [-0.25, -0.2) is 4.68 Å². The van der Waals surface area contributed by atoms with Crippen LogP contribution in [0.5, 0.6) is 0 Å². The van der Waals surface area contributed by atoms with Gasteiger partial charge in [-0.05, 0) is 53.8 Å². The first-order chi connectivity index (χ1) is 14.2. The number of hydrogen-bond donors (Lipinski definition) is 2. The monoisotopic (exact) mass is 393 g/mol. The molecule has 0 radical (unpaired) electrons. The maximum atomic E-state index is 13.2. The third-order valence-corrected chi connectivity index (χ3v) is 6.69. The Hall–Kier alpha value is -2.54. The number of tetrazole rings is 1. The van der Waals surface area contributed by atoms with Crippen LogP contribution in [0.25, 0.3) is 10.9 Å². The topological polar surface area (TPSA) is 80.9 Å². The van der Waals surface area contributed by atoms with Crippen LogP contribution in [0.15, 0.2) is 29.1 Å². The smallest absolute Gasteiger partial charge is 0.258 e. The van der Waals surface area contributed by atoms with E-state index in [0.29, 0.717) is 6.04 Å². The predicted molar refractivity (Wildman–Crippen MR) is 111 cm³/mol. The number of likely N-dealkylation sites (tertiary alicyclic amines) is 1. The van der Waals surface area contributed by atoms with Crippen molar-refractivity contribution in [3.63, 3.8) is 0 Å². The summed E-state index contributed by atoms with van der Waals surface area (Å²) in [5, 5.41) is 14.0. The lowest BCUT2D eigenvalue weighted by Crippen LogP contribution is -3.10. The van der Waals surface area contributed by atoms with Gasteiger partial charge in [0, 0.05) is 18.4 Å². The van der Waals surface area contributed by atoms with Crippen molar-refractivity contribution < 1.29 is 4.90 Å². The van der Waals surface area contributed by atoms with Gasteiger partial charge in [0.25, 0.3) is 5.56 Å². The highest BCUT2D eigenvalue weighted by atomic mass is 16.1. The van der Waals surface area contributed by atoms with E-state index in [2.05, 4.69) is 39.6 Å². The summed E-state index contributed by atoms with van der Waals surface area (Å²) in [6, 6.07) is 8.44. The molecule has 7 nitrogen and oxygen atoms in total. The molecule has 1 saturated carbocycles. The fourth-order valence-electron chi connectivity index (χ4n) is 5.19. The van der Waals surface area contributed by atoms with Crippen LogP contribution in [0.3, 0.4) is 0 Å². The van der Waals surface area contributed by atoms with E-state index in [1.165, 1.54) is 42.6 Å². The first kappa shape index (κ1) is 18.5. The van der Waals surface area contributed by atoms with E-state index in [1.54, 1.807) is 0 Å². The number of aromatic amines is 1. The number of pyridine rings is 1. The minimum absolute atomic E-state index is 0.0241. The van der Waals surface area contributed by atoms with Crippen LogP contribution in [-0.4, -0.2) is 38.3 Å². The standard InChI is InChI=1S/C22H28N6O/c1-15-9-10-19-16(13-15)14-18(22(29)23-19)20(27-11-5-6-12-27)21-24-25-26-28(21)17-7-3-2-4-8-17/h9-10,13-14,17,20H,2-8,11-12H2,1H3,(H,23,29)/p+1/t20-/m1/s1. The van der Waals surface area contributed by atoms with Crippen molar-refractivity contribution in [2.75, 3.05) is 13.1 Å². The lowest BCUT2D eigenvalue weighted by molar-refractivity contribution is -0.914. The highest BCUT2D eigenvalue weighted by molar-refractivity contribution is 5.79. The Balaban J connectivity index is 1.64. The first-order valence-electron chi connectivity index (χ1n) is 11.0. The molecule has 3 aromatic rings. The van der Waals surface area contributed by atoms with Crippen LogP contribution < -0.4 is 10.5 Å². The number of H-pyrrole nitrogens is 1. The number of nitrogens with one attached hydrogen (secondary N) is 2. The zero-order valence-corrected chi connectivity index (χ0v) is 17.0. The Morgan fingerprint density at radius 2 is 1.90 bits per heavy atom. The van der Waals surface area contributed by atoms with E-state index in [4.69, 9.17) is 0 Å². The van der Waals surface area contributed by atoms with Crippen LogP contribution in [0, 0.1) is 6.92 Å². The molecule has 2 aromatic heterocycles. The van der Waals surface area contributed by atoms with Crippen LogP contribution in [0.4, 0.5) is 0 Å². The molecule has 2 aliphatic rings. The Labute approximate surface area is 170 Å². The number of hydrogen-bond acceptors (Lipinski definition) is 4. The molecule has 3 heterocycles. The maximum absolute atomic E-state index is 13.2. The average molecular weight is 394 g/mol. The van der Waals surface area contributed by atoms with E-state index in [0.717, 1.165) is 48.2 Å². The molecule has 2 N–H and O–H groups in total. The normalized spacial score (nSPS) is 19.8. The molecule has 0 amide bonds. The molecule has 7 heteroatoms. The van der Waals surface area contributed by atoms with Gasteiger partial charge in [-0.3, -0.25) is 4.79 Å². The highest BCUT2D eigenvalue weighted by Crippen LogP contribution is 2.30. The first-order valence-corrected chi connectivity index (χ1v) is 11.0. The number of fused-ring (bicyclic) bond motifs is 1. The van der Waals surface area contributed by atoms with Crippen molar-refractivity contribution in [3.05, 3.63) is 51.6 Å². The summed E-state index contributed by atoms with van der Waals surface area (Å²) in [4.78, 5) is 17.7. The lowest BCUT2D eigenvalue weighted by atomic mass is 9.95. The van der Waals surface area contributed by atoms with Gasteiger partial charge in [0.1, 0.15) is 0 Å². The number of aromatic nitrogens is 5. The Bertz CT molecular complexity index is 1060. The average Bonchev–Trinajstić information content (AvgIpc) is 3.42. The molecule has 0 unspecified atom stereocenters. The SMILES string of the molecule is Cc1ccc2[nH]c(=O)c([C@H](c3nnnn3C3CCCCC3)[NH+]3CCCC3)cc2c1. The molecule has 1 saturated heterocycles. The third kappa shape index (κ3) is 3.48. The van der Waals surface area contributed by atoms with E-state index in [9.17, 15) is 4.79 Å². The van der Waals surface area contributed by atoms with Gasteiger partial charge in [0.2, 0.25) is 5.82 Å². The zero-order valence-electron chi connectivity index (χ0n) is 17.0. The molecule has 5 rings (SSSR count). The summed E-state index contributed by atoms with van der Waals surface area (Å²) in [7, 11) is 0. The van der Waals surface area contributed by atoms with Gasteiger partial charge in [-0.15, -0.1) is 5.10 Å². The van der Waals surface area contributed by atoms with Crippen molar-refractivity contribution in [2.24, 2.45) is 0 Å². The van der Waals surface area contributed by atoms with Crippen molar-refractivity contribution in [1.29, 1.82) is 0 Å². The molecular weight excluding hydrogens is 364 g/mol. The lowest BCUT2D eigenvalue weighted by Gasteiger charge is -2.27. The highest BCUT2D eigenvalue weighted by Gasteiger charge is 2.37. The maximum Gasteiger partial charge on any atom is 0.258 e. The van der Waals surface area contributed by atoms with Gasteiger partial charge in [-0.1, -0.05) is 30.9 Å². The number of quaternary nitrogens is 1. The second-order valence-corrected chi connectivity index (χ2v) is 8.72. The number of aryl methyl sites for hydroxylation is 1. The van der Waals surface area contributed by atoms with Gasteiger partial charge < -0.3 is 9.88 Å². The number of nitrogens with zero attached hydrogens (tertiary/aromatic N) is 4. The second-order valence-electron chi connectivity index (χ2n) is 8.72. The van der Waals surface area contributed by atoms with Crippen LogP contribution in [0.2, 0.25) is 0 Å². The molecule has 29 heavy (non-hydrogen) atoms. The summed E-state index contributed by atoms with van der Waals surface area (Å²) in [5.41, 5.74) is 2.83. The fourth-order valence-corrected chi connectivity index (χ4v) is 5.19. The molecule has 1 atom stereocenters. The molecular formula is C22H29N6O+. The quantitative estimate of drug-likeness (QED) is 0.711. The van der Waals surface area contributed by atoms with E-state index >= 15 is 0 Å². The number of benzene rings is 1. The Morgan fingerprint density at radius 3 is 2.69 bits per heavy atom. The second kappa shape index (κ2) is 7.71. The van der Waals surface area contributed by atoms with Crippen molar-refractivity contribution in [3.8, 4) is 0 Å². The van der Waals surface area contributed by atoms with Crippen LogP contribution >= 0.6 is 0 Å². The Kier molecular flexibility index (Phi) is 4.91. The van der Waals surface area contributed by atoms with E-state index < -0.39 is 0 Å². The molecule has 0 bridgehead atoms. The van der Waals surface area contributed by atoms with Crippen molar-refractivity contribution >= 4 is 10.9 Å². The molecule has 0 spiro atoms. The van der Waals surface area contributed by atoms with Gasteiger partial charge in [-0.2, -0.15) is 0 Å². The van der Waals surface area contributed by atoms with Gasteiger partial charge in [0.05, 0.1) is 24.7 Å². The third-order valence-electron chi connectivity index (χ3n) is 6.69. The summed E-state index contributed by atoms with van der Waals surface area (Å²) >= 11 is 0.